The number of amides is 1. The van der Waals surface area contributed by atoms with Crippen molar-refractivity contribution in [2.75, 3.05) is 0 Å². The van der Waals surface area contributed by atoms with Gasteiger partial charge in [-0.1, -0.05) is 11.6 Å². The number of carbonyl (C=O) groups excluding carboxylic acids is 1. The van der Waals surface area contributed by atoms with Crippen LogP contribution in [-0.4, -0.2) is 21.1 Å². The first-order valence-corrected chi connectivity index (χ1v) is 3.21. The van der Waals surface area contributed by atoms with Crippen molar-refractivity contribution in [2.45, 2.75) is 12.5 Å². The van der Waals surface area contributed by atoms with Crippen molar-refractivity contribution in [3.63, 3.8) is 0 Å². The molecule has 5 nitrogen and oxygen atoms in total. The summed E-state index contributed by atoms with van der Waals surface area (Å²) in [6.45, 7) is 1.32. The van der Waals surface area contributed by atoms with Gasteiger partial charge in [-0.25, -0.2) is 0 Å². The fourth-order valence-corrected chi connectivity index (χ4v) is 0.798. The highest BCUT2D eigenvalue weighted by Gasteiger charge is 2.29. The van der Waals surface area contributed by atoms with Gasteiger partial charge in [-0.2, -0.15) is 5.01 Å². The van der Waals surface area contributed by atoms with Crippen molar-refractivity contribution in [1.29, 1.82) is 0 Å². The van der Waals surface area contributed by atoms with E-state index in [1.165, 1.54) is 6.92 Å². The summed E-state index contributed by atoms with van der Waals surface area (Å²) < 4.78 is 0.864. The van der Waals surface area contributed by atoms with E-state index >= 15 is 0 Å². The van der Waals surface area contributed by atoms with Crippen molar-refractivity contribution in [2.24, 2.45) is 10.4 Å². The lowest BCUT2D eigenvalue weighted by Gasteiger charge is -2.13. The molecule has 10 heavy (non-hydrogen) atoms. The highest BCUT2D eigenvalue weighted by atomic mass is 35.5. The Morgan fingerprint density at radius 3 is 2.40 bits per heavy atom. The summed E-state index contributed by atoms with van der Waals surface area (Å²) in [5.41, 5.74) is -0.806. The van der Waals surface area contributed by atoms with Crippen molar-refractivity contribution >= 4 is 29.3 Å². The zero-order valence-electron chi connectivity index (χ0n) is 5.03. The maximum Gasteiger partial charge on any atom is 0.244 e. The van der Waals surface area contributed by atoms with Crippen molar-refractivity contribution in [3.8, 4) is 0 Å². The molecule has 1 unspecified atom stereocenters. The lowest BCUT2D eigenvalue weighted by molar-refractivity contribution is -0.129. The van der Waals surface area contributed by atoms with Crippen LogP contribution in [-0.2, 0) is 4.79 Å². The SMILES string of the molecule is CC(=O)N1N=NN(Cl)C1Cl. The second-order valence-corrected chi connectivity index (χ2v) is 2.38. The molecule has 56 valence electrons. The smallest absolute Gasteiger partial charge is 0.244 e. The van der Waals surface area contributed by atoms with Crippen LogP contribution in [0.15, 0.2) is 10.4 Å². The summed E-state index contributed by atoms with van der Waals surface area (Å²) in [4.78, 5) is 10.6. The molecule has 1 amide bonds. The number of rotatable bonds is 0. The molecular formula is C3H4Cl2N4O. The number of hydrogen-bond acceptors (Lipinski definition) is 4. The van der Waals surface area contributed by atoms with Gasteiger partial charge in [0.05, 0.1) is 0 Å². The minimum absolute atomic E-state index is 0.299. The Hall–Kier alpha value is -0.550. The Labute approximate surface area is 67.2 Å². The summed E-state index contributed by atoms with van der Waals surface area (Å²) in [7, 11) is 0. The summed E-state index contributed by atoms with van der Waals surface area (Å²) in [6, 6.07) is 0. The zero-order chi connectivity index (χ0) is 7.72. The molecule has 0 radical (unpaired) electrons. The van der Waals surface area contributed by atoms with Crippen LogP contribution in [0.2, 0.25) is 0 Å². The van der Waals surface area contributed by atoms with Gasteiger partial charge in [-0.05, 0) is 10.4 Å². The molecule has 0 saturated heterocycles. The number of halogens is 2. The van der Waals surface area contributed by atoms with Crippen LogP contribution < -0.4 is 0 Å². The number of hydrogen-bond donors (Lipinski definition) is 0. The molecular weight excluding hydrogens is 179 g/mol. The van der Waals surface area contributed by atoms with E-state index in [0.717, 1.165) is 9.54 Å². The standard InChI is InChI=1S/C3H4Cl2N4O/c1-2(10)8-3(4)9(5)7-6-8/h3H,1H3. The van der Waals surface area contributed by atoms with Crippen LogP contribution in [0.4, 0.5) is 0 Å². The minimum Gasteiger partial charge on any atom is -0.273 e. The van der Waals surface area contributed by atoms with Gasteiger partial charge in [-0.3, -0.25) is 4.79 Å². The molecule has 0 bridgehead atoms. The first-order valence-electron chi connectivity index (χ1n) is 2.43. The highest BCUT2D eigenvalue weighted by molar-refractivity contribution is 6.25. The van der Waals surface area contributed by atoms with E-state index in [2.05, 4.69) is 10.4 Å². The fraction of sp³-hybridized carbons (Fsp3) is 0.667. The molecule has 0 aliphatic carbocycles. The predicted molar refractivity (Wildman–Crippen MR) is 34.7 cm³/mol. The van der Waals surface area contributed by atoms with Crippen LogP contribution in [0.1, 0.15) is 6.92 Å². The molecule has 1 rings (SSSR count). The topological polar surface area (TPSA) is 48.3 Å². The van der Waals surface area contributed by atoms with Crippen LogP contribution in [0, 0.1) is 0 Å². The lowest BCUT2D eigenvalue weighted by atomic mass is 10.7. The highest BCUT2D eigenvalue weighted by Crippen LogP contribution is 2.21. The summed E-state index contributed by atoms with van der Waals surface area (Å²) in [5, 5.41) is 7.65. The molecule has 0 aromatic carbocycles. The van der Waals surface area contributed by atoms with Crippen LogP contribution in [0.3, 0.4) is 0 Å². The average molecular weight is 183 g/mol. The quantitative estimate of drug-likeness (QED) is 0.320. The molecule has 1 heterocycles. The summed E-state index contributed by atoms with van der Waals surface area (Å²) >= 11 is 10.9. The van der Waals surface area contributed by atoms with Crippen molar-refractivity contribution < 1.29 is 4.79 Å². The fourth-order valence-electron chi connectivity index (χ4n) is 0.470. The van der Waals surface area contributed by atoms with Gasteiger partial charge >= 0.3 is 0 Å². The molecule has 1 aliphatic heterocycles. The molecule has 0 fully saturated rings. The first-order chi connectivity index (χ1) is 4.63. The van der Waals surface area contributed by atoms with E-state index in [0.29, 0.717) is 0 Å². The average Bonchev–Trinajstić information content (AvgIpc) is 2.14. The molecule has 0 N–H and O–H groups in total. The van der Waals surface area contributed by atoms with Gasteiger partial charge < -0.3 is 0 Å². The number of nitrogens with zero attached hydrogens (tertiary/aromatic N) is 4. The molecule has 1 aliphatic rings. The van der Waals surface area contributed by atoms with Gasteiger partial charge in [0.1, 0.15) is 0 Å². The van der Waals surface area contributed by atoms with Gasteiger partial charge in [-0.15, -0.1) is 4.53 Å². The Kier molecular flexibility index (Phi) is 1.96. The van der Waals surface area contributed by atoms with Gasteiger partial charge in [0, 0.05) is 18.7 Å². The van der Waals surface area contributed by atoms with Crippen LogP contribution >= 0.6 is 23.4 Å². The zero-order valence-corrected chi connectivity index (χ0v) is 6.54. The molecule has 0 aromatic heterocycles. The largest absolute Gasteiger partial charge is 0.273 e. The molecule has 7 heteroatoms. The maximum atomic E-state index is 10.6. The van der Waals surface area contributed by atoms with Crippen molar-refractivity contribution in [1.82, 2.24) is 9.54 Å². The first kappa shape index (κ1) is 7.56. The number of alkyl halides is 1. The normalized spacial score (nSPS) is 24.1. The monoisotopic (exact) mass is 182 g/mol. The summed E-state index contributed by atoms with van der Waals surface area (Å²) in [6.07, 6.45) is 0. The van der Waals surface area contributed by atoms with Crippen LogP contribution in [0.5, 0.6) is 0 Å². The number of carbonyl (C=O) groups is 1. The van der Waals surface area contributed by atoms with E-state index < -0.39 is 5.62 Å². The maximum absolute atomic E-state index is 10.6. The molecule has 1 atom stereocenters. The third-order valence-corrected chi connectivity index (χ3v) is 1.64. The summed E-state index contributed by atoms with van der Waals surface area (Å²) in [5.74, 6) is -0.299. The second-order valence-electron chi connectivity index (χ2n) is 1.64. The Morgan fingerprint density at radius 2 is 2.20 bits per heavy atom. The van der Waals surface area contributed by atoms with E-state index in [4.69, 9.17) is 23.4 Å². The second kappa shape index (κ2) is 2.59. The van der Waals surface area contributed by atoms with E-state index in [1.807, 2.05) is 0 Å². The lowest BCUT2D eigenvalue weighted by Crippen LogP contribution is -2.32. The Balaban J connectivity index is 2.66. The minimum atomic E-state index is -0.806. The molecule has 0 spiro atoms. The third-order valence-electron chi connectivity index (χ3n) is 0.922. The van der Waals surface area contributed by atoms with Gasteiger partial charge in [0.25, 0.3) is 0 Å². The van der Waals surface area contributed by atoms with Gasteiger partial charge in [0.2, 0.25) is 11.5 Å². The molecule has 0 saturated carbocycles. The van der Waals surface area contributed by atoms with Crippen molar-refractivity contribution in [3.05, 3.63) is 0 Å². The van der Waals surface area contributed by atoms with Crippen LogP contribution in [0.25, 0.3) is 0 Å². The van der Waals surface area contributed by atoms with E-state index in [-0.39, 0.29) is 5.91 Å². The van der Waals surface area contributed by atoms with Gasteiger partial charge in [0.15, 0.2) is 0 Å². The third kappa shape index (κ3) is 1.15. The Bertz CT molecular complexity index is 183. The van der Waals surface area contributed by atoms with E-state index in [1.54, 1.807) is 0 Å². The van der Waals surface area contributed by atoms with E-state index in [9.17, 15) is 4.79 Å². The Morgan fingerprint density at radius 1 is 1.60 bits per heavy atom. The molecule has 0 aromatic rings. The predicted octanol–water partition coefficient (Wildman–Crippen LogP) is 1.11.